The second kappa shape index (κ2) is 5.38. The molecule has 2 aliphatic heterocycles. The van der Waals surface area contributed by atoms with Crippen LogP contribution in [0, 0.1) is 0 Å². The van der Waals surface area contributed by atoms with Crippen LogP contribution in [0.25, 0.3) is 0 Å². The minimum absolute atomic E-state index is 0.00101. The number of aromatic hydroxyl groups is 2. The lowest BCUT2D eigenvalue weighted by Gasteiger charge is -2.31. The maximum absolute atomic E-state index is 10.8. The molecular weight excluding hydrogens is 316 g/mol. The summed E-state index contributed by atoms with van der Waals surface area (Å²) in [5.74, 6) is 1.05. The van der Waals surface area contributed by atoms with Crippen LogP contribution in [0.15, 0.2) is 24.3 Å². The molecule has 0 aromatic heterocycles. The standard InChI is InChI=1S/C17H16O7/c1-21-14-3-9-13(5-12(14)19)22-6-10(17(9)20)8-2-15-16(4-11(8)18)24-7-23-15/h2-5,10,17-20H,6-7H2,1H3/t10-,17+/m0/s1. The second-order valence-corrected chi connectivity index (χ2v) is 5.69. The fourth-order valence-corrected chi connectivity index (χ4v) is 3.08. The summed E-state index contributed by atoms with van der Waals surface area (Å²) in [6.07, 6.45) is -0.936. The highest BCUT2D eigenvalue weighted by atomic mass is 16.7. The van der Waals surface area contributed by atoms with E-state index < -0.39 is 12.0 Å². The van der Waals surface area contributed by atoms with Gasteiger partial charge in [-0.3, -0.25) is 0 Å². The number of methoxy groups -OCH3 is 1. The van der Waals surface area contributed by atoms with Gasteiger partial charge in [-0.25, -0.2) is 0 Å². The Labute approximate surface area is 137 Å². The summed E-state index contributed by atoms with van der Waals surface area (Å²) in [6, 6.07) is 6.06. The number of fused-ring (bicyclic) bond motifs is 2. The quantitative estimate of drug-likeness (QED) is 0.774. The van der Waals surface area contributed by atoms with Crippen LogP contribution in [0.2, 0.25) is 0 Å². The van der Waals surface area contributed by atoms with Gasteiger partial charge in [0.25, 0.3) is 0 Å². The van der Waals surface area contributed by atoms with Crippen molar-refractivity contribution >= 4 is 0 Å². The number of aliphatic hydroxyl groups is 1. The Balaban J connectivity index is 1.74. The number of hydrogen-bond donors (Lipinski definition) is 3. The molecule has 3 N–H and O–H groups in total. The first-order valence-corrected chi connectivity index (χ1v) is 7.42. The lowest BCUT2D eigenvalue weighted by atomic mass is 9.86. The Bertz CT molecular complexity index is 802. The summed E-state index contributed by atoms with van der Waals surface area (Å²) >= 11 is 0. The SMILES string of the molecule is COc1cc2c(cc1O)OC[C@@H](c1cc3c(cc1O)OCO3)[C@@H]2O. The number of hydrogen-bond acceptors (Lipinski definition) is 7. The van der Waals surface area contributed by atoms with Gasteiger partial charge in [0.2, 0.25) is 6.79 Å². The van der Waals surface area contributed by atoms with Crippen LogP contribution < -0.4 is 18.9 Å². The lowest BCUT2D eigenvalue weighted by Crippen LogP contribution is -2.24. The van der Waals surface area contributed by atoms with Crippen molar-refractivity contribution in [1.82, 2.24) is 0 Å². The summed E-state index contributed by atoms with van der Waals surface area (Å²) in [4.78, 5) is 0. The first kappa shape index (κ1) is 14.8. The molecule has 0 unspecified atom stereocenters. The Morgan fingerprint density at radius 3 is 2.38 bits per heavy atom. The van der Waals surface area contributed by atoms with E-state index in [-0.39, 0.29) is 30.6 Å². The molecule has 4 rings (SSSR count). The molecule has 2 heterocycles. The number of rotatable bonds is 2. The van der Waals surface area contributed by atoms with Crippen LogP contribution in [0.4, 0.5) is 0 Å². The highest BCUT2D eigenvalue weighted by molar-refractivity contribution is 5.56. The van der Waals surface area contributed by atoms with E-state index in [9.17, 15) is 15.3 Å². The zero-order valence-corrected chi connectivity index (χ0v) is 12.9. The van der Waals surface area contributed by atoms with E-state index in [1.54, 1.807) is 6.07 Å². The van der Waals surface area contributed by atoms with E-state index in [0.29, 0.717) is 28.4 Å². The topological polar surface area (TPSA) is 97.6 Å². The maximum Gasteiger partial charge on any atom is 0.231 e. The number of ether oxygens (including phenoxy) is 4. The van der Waals surface area contributed by atoms with E-state index in [1.165, 1.54) is 25.3 Å². The molecule has 2 aliphatic rings. The number of aliphatic hydroxyl groups excluding tert-OH is 1. The molecule has 2 atom stereocenters. The predicted octanol–water partition coefficient (Wildman–Crippen LogP) is 2.04. The maximum atomic E-state index is 10.8. The van der Waals surface area contributed by atoms with Crippen LogP contribution in [-0.4, -0.2) is 35.8 Å². The molecule has 0 aliphatic carbocycles. The van der Waals surface area contributed by atoms with Crippen LogP contribution in [0.1, 0.15) is 23.1 Å². The van der Waals surface area contributed by atoms with Gasteiger partial charge in [-0.2, -0.15) is 0 Å². The molecule has 0 fully saturated rings. The van der Waals surface area contributed by atoms with E-state index in [2.05, 4.69) is 0 Å². The third-order valence-corrected chi connectivity index (χ3v) is 4.35. The van der Waals surface area contributed by atoms with Gasteiger partial charge in [-0.05, 0) is 12.1 Å². The molecule has 0 amide bonds. The van der Waals surface area contributed by atoms with E-state index in [4.69, 9.17) is 18.9 Å². The average Bonchev–Trinajstić information content (AvgIpc) is 3.01. The van der Waals surface area contributed by atoms with Crippen molar-refractivity contribution in [3.63, 3.8) is 0 Å². The van der Waals surface area contributed by atoms with E-state index in [1.807, 2.05) is 0 Å². The molecule has 2 aromatic carbocycles. The van der Waals surface area contributed by atoms with Gasteiger partial charge in [0.1, 0.15) is 11.5 Å². The van der Waals surface area contributed by atoms with Crippen molar-refractivity contribution in [2.45, 2.75) is 12.0 Å². The summed E-state index contributed by atoms with van der Waals surface area (Å²) in [7, 11) is 1.43. The summed E-state index contributed by atoms with van der Waals surface area (Å²) in [5.41, 5.74) is 0.988. The Kier molecular flexibility index (Phi) is 3.31. The third kappa shape index (κ3) is 2.16. The monoisotopic (exact) mass is 332 g/mol. The van der Waals surface area contributed by atoms with E-state index >= 15 is 0 Å². The number of benzene rings is 2. The summed E-state index contributed by atoms with van der Waals surface area (Å²) in [5, 5.41) is 30.9. The van der Waals surface area contributed by atoms with Gasteiger partial charge >= 0.3 is 0 Å². The summed E-state index contributed by atoms with van der Waals surface area (Å²) in [6.45, 7) is 0.244. The first-order chi connectivity index (χ1) is 11.6. The predicted molar refractivity (Wildman–Crippen MR) is 82.1 cm³/mol. The van der Waals surface area contributed by atoms with Gasteiger partial charge in [-0.1, -0.05) is 0 Å². The molecule has 0 saturated heterocycles. The molecule has 24 heavy (non-hydrogen) atoms. The van der Waals surface area contributed by atoms with Crippen LogP contribution in [0.3, 0.4) is 0 Å². The zero-order valence-electron chi connectivity index (χ0n) is 12.9. The van der Waals surface area contributed by atoms with Crippen molar-refractivity contribution in [1.29, 1.82) is 0 Å². The molecule has 2 aromatic rings. The highest BCUT2D eigenvalue weighted by Gasteiger charge is 2.34. The fourth-order valence-electron chi connectivity index (χ4n) is 3.08. The highest BCUT2D eigenvalue weighted by Crippen LogP contribution is 2.48. The fraction of sp³-hybridized carbons (Fsp3) is 0.294. The zero-order chi connectivity index (χ0) is 16.8. The smallest absolute Gasteiger partial charge is 0.231 e. The molecule has 0 saturated carbocycles. The van der Waals surface area contributed by atoms with Gasteiger partial charge in [0.15, 0.2) is 23.0 Å². The van der Waals surface area contributed by atoms with Crippen molar-refractivity contribution in [3.8, 4) is 34.5 Å². The van der Waals surface area contributed by atoms with Crippen molar-refractivity contribution in [2.24, 2.45) is 0 Å². The number of phenolic OH excluding ortho intramolecular Hbond substituents is 2. The third-order valence-electron chi connectivity index (χ3n) is 4.35. The van der Waals surface area contributed by atoms with Gasteiger partial charge < -0.3 is 34.3 Å². The Morgan fingerprint density at radius 2 is 1.62 bits per heavy atom. The van der Waals surface area contributed by atoms with Crippen molar-refractivity contribution in [2.75, 3.05) is 20.5 Å². The van der Waals surface area contributed by atoms with Crippen molar-refractivity contribution < 1.29 is 34.3 Å². The Morgan fingerprint density at radius 1 is 0.917 bits per heavy atom. The first-order valence-electron chi connectivity index (χ1n) is 7.42. The van der Waals surface area contributed by atoms with Gasteiger partial charge in [0.05, 0.1) is 25.7 Å². The average molecular weight is 332 g/mol. The van der Waals surface area contributed by atoms with Crippen molar-refractivity contribution in [3.05, 3.63) is 35.4 Å². The largest absolute Gasteiger partial charge is 0.508 e. The molecule has 126 valence electrons. The number of phenols is 2. The van der Waals surface area contributed by atoms with E-state index in [0.717, 1.165) is 0 Å². The normalized spacial score (nSPS) is 21.1. The molecular formula is C17H16O7. The minimum Gasteiger partial charge on any atom is -0.508 e. The van der Waals surface area contributed by atoms with Crippen LogP contribution in [-0.2, 0) is 0 Å². The molecule has 0 radical (unpaired) electrons. The van der Waals surface area contributed by atoms with Crippen LogP contribution >= 0.6 is 0 Å². The molecule has 0 spiro atoms. The second-order valence-electron chi connectivity index (χ2n) is 5.69. The minimum atomic E-state index is -0.936. The van der Waals surface area contributed by atoms with Gasteiger partial charge in [0, 0.05) is 23.3 Å². The lowest BCUT2D eigenvalue weighted by molar-refractivity contribution is 0.0870. The molecule has 0 bridgehead atoms. The molecule has 7 nitrogen and oxygen atoms in total. The van der Waals surface area contributed by atoms with Crippen LogP contribution in [0.5, 0.6) is 34.5 Å². The van der Waals surface area contributed by atoms with Gasteiger partial charge in [-0.15, -0.1) is 0 Å². The summed E-state index contributed by atoms with van der Waals surface area (Å²) < 4.78 is 21.3. The Hall–Kier alpha value is -2.80. The molecule has 7 heteroatoms.